The largest absolute Gasteiger partial charge is 0.351 e. The minimum Gasteiger partial charge on any atom is -0.351 e. The lowest BCUT2D eigenvalue weighted by Gasteiger charge is -2.28. The van der Waals surface area contributed by atoms with Crippen LogP contribution in [0.2, 0.25) is 0 Å². The summed E-state index contributed by atoms with van der Waals surface area (Å²) in [5.74, 6) is 2.34. The van der Waals surface area contributed by atoms with Crippen molar-refractivity contribution in [2.45, 2.75) is 38.6 Å². The zero-order valence-electron chi connectivity index (χ0n) is 13.9. The average molecular weight is 348 g/mol. The maximum atomic E-state index is 11.6. The maximum Gasteiger partial charge on any atom is 0.263 e. The van der Waals surface area contributed by atoms with Crippen molar-refractivity contribution in [1.29, 1.82) is 0 Å². The SMILES string of the molecule is CCS(=O)NC1CCC(CNc2noc(-c3ccccc3)n2)CC1. The van der Waals surface area contributed by atoms with Crippen LogP contribution in [0.5, 0.6) is 0 Å². The molecule has 1 heterocycles. The van der Waals surface area contributed by atoms with E-state index in [1.807, 2.05) is 37.3 Å². The molecule has 0 amide bonds. The topological polar surface area (TPSA) is 80.0 Å². The molecular weight excluding hydrogens is 324 g/mol. The van der Waals surface area contributed by atoms with Gasteiger partial charge in [-0.2, -0.15) is 4.98 Å². The minimum atomic E-state index is -0.883. The predicted octanol–water partition coefficient (Wildman–Crippen LogP) is 2.98. The summed E-state index contributed by atoms with van der Waals surface area (Å²) in [5, 5.41) is 7.27. The fourth-order valence-corrected chi connectivity index (χ4v) is 3.76. The first kappa shape index (κ1) is 17.1. The van der Waals surface area contributed by atoms with Crippen LogP contribution in [0, 0.1) is 5.92 Å². The summed E-state index contributed by atoms with van der Waals surface area (Å²) in [4.78, 5) is 4.39. The van der Waals surface area contributed by atoms with Crippen LogP contribution in [0.1, 0.15) is 32.6 Å². The first-order valence-electron chi connectivity index (χ1n) is 8.52. The number of rotatable bonds is 7. The van der Waals surface area contributed by atoms with Crippen molar-refractivity contribution in [3.05, 3.63) is 30.3 Å². The summed E-state index contributed by atoms with van der Waals surface area (Å²) in [6.07, 6.45) is 4.38. The molecule has 24 heavy (non-hydrogen) atoms. The van der Waals surface area contributed by atoms with E-state index in [0.29, 0.717) is 29.6 Å². The van der Waals surface area contributed by atoms with Crippen molar-refractivity contribution < 1.29 is 8.73 Å². The Kier molecular flexibility index (Phi) is 5.98. The van der Waals surface area contributed by atoms with Crippen LogP contribution < -0.4 is 10.0 Å². The molecule has 6 nitrogen and oxygen atoms in total. The lowest BCUT2D eigenvalue weighted by molar-refractivity contribution is 0.326. The van der Waals surface area contributed by atoms with Crippen molar-refractivity contribution in [3.8, 4) is 11.5 Å². The molecule has 0 bridgehead atoms. The first-order valence-corrected chi connectivity index (χ1v) is 9.84. The normalized spacial score (nSPS) is 22.2. The van der Waals surface area contributed by atoms with E-state index in [-0.39, 0.29) is 0 Å². The molecule has 0 saturated heterocycles. The highest BCUT2D eigenvalue weighted by Gasteiger charge is 2.22. The van der Waals surface area contributed by atoms with Crippen LogP contribution in [0.25, 0.3) is 11.5 Å². The van der Waals surface area contributed by atoms with Gasteiger partial charge in [-0.3, -0.25) is 0 Å². The van der Waals surface area contributed by atoms with Gasteiger partial charge in [-0.05, 0) is 48.9 Å². The Balaban J connectivity index is 1.44. The summed E-state index contributed by atoms with van der Waals surface area (Å²) in [5.41, 5.74) is 0.925. The number of hydrogen-bond acceptors (Lipinski definition) is 5. The van der Waals surface area contributed by atoms with Crippen molar-refractivity contribution in [3.63, 3.8) is 0 Å². The molecule has 1 aliphatic rings. The van der Waals surface area contributed by atoms with Gasteiger partial charge in [0.2, 0.25) is 0 Å². The highest BCUT2D eigenvalue weighted by Crippen LogP contribution is 2.25. The van der Waals surface area contributed by atoms with Crippen LogP contribution >= 0.6 is 0 Å². The molecule has 1 aromatic heterocycles. The quantitative estimate of drug-likeness (QED) is 0.804. The van der Waals surface area contributed by atoms with Gasteiger partial charge >= 0.3 is 0 Å². The van der Waals surface area contributed by atoms with Crippen LogP contribution in [0.15, 0.2) is 34.9 Å². The Morgan fingerprint density at radius 3 is 2.67 bits per heavy atom. The Hall–Kier alpha value is -1.73. The third-order valence-electron chi connectivity index (χ3n) is 4.40. The highest BCUT2D eigenvalue weighted by atomic mass is 32.2. The van der Waals surface area contributed by atoms with Gasteiger partial charge in [0.15, 0.2) is 0 Å². The monoisotopic (exact) mass is 348 g/mol. The van der Waals surface area contributed by atoms with E-state index in [1.165, 1.54) is 0 Å². The molecule has 1 aromatic carbocycles. The number of hydrogen-bond donors (Lipinski definition) is 2. The van der Waals surface area contributed by atoms with Gasteiger partial charge in [0.1, 0.15) is 0 Å². The Morgan fingerprint density at radius 1 is 1.21 bits per heavy atom. The molecule has 2 aromatic rings. The zero-order chi connectivity index (χ0) is 16.8. The fraction of sp³-hybridized carbons (Fsp3) is 0.529. The van der Waals surface area contributed by atoms with Crippen LogP contribution in [0.3, 0.4) is 0 Å². The summed E-state index contributed by atoms with van der Waals surface area (Å²) in [7, 11) is -0.883. The summed E-state index contributed by atoms with van der Waals surface area (Å²) in [6, 6.07) is 10.1. The van der Waals surface area contributed by atoms with E-state index in [9.17, 15) is 4.21 Å². The van der Waals surface area contributed by atoms with Gasteiger partial charge in [-0.25, -0.2) is 8.93 Å². The van der Waals surface area contributed by atoms with Gasteiger partial charge in [0.05, 0.1) is 11.0 Å². The number of aromatic nitrogens is 2. The smallest absolute Gasteiger partial charge is 0.263 e. The third kappa shape index (κ3) is 4.64. The second kappa shape index (κ2) is 8.39. The number of nitrogens with one attached hydrogen (secondary N) is 2. The predicted molar refractivity (Wildman–Crippen MR) is 95.8 cm³/mol. The summed E-state index contributed by atoms with van der Waals surface area (Å²) in [6.45, 7) is 2.78. The van der Waals surface area contributed by atoms with Gasteiger partial charge in [-0.1, -0.05) is 25.1 Å². The van der Waals surface area contributed by atoms with Gasteiger partial charge in [-0.15, -0.1) is 0 Å². The zero-order valence-corrected chi connectivity index (χ0v) is 14.7. The fourth-order valence-electron chi connectivity index (χ4n) is 2.98. The number of nitrogens with zero attached hydrogens (tertiary/aromatic N) is 2. The minimum absolute atomic E-state index is 0.386. The third-order valence-corrected chi connectivity index (χ3v) is 5.52. The van der Waals surface area contributed by atoms with Crippen molar-refractivity contribution in [2.75, 3.05) is 17.6 Å². The first-order chi connectivity index (χ1) is 11.7. The number of benzene rings is 1. The number of anilines is 1. The molecule has 3 rings (SSSR count). The molecule has 1 unspecified atom stereocenters. The average Bonchev–Trinajstić information content (AvgIpc) is 3.11. The molecular formula is C17H24N4O2S. The van der Waals surface area contributed by atoms with E-state index >= 15 is 0 Å². The summed E-state index contributed by atoms with van der Waals surface area (Å²) < 4.78 is 20.0. The van der Waals surface area contributed by atoms with Crippen LogP contribution in [0.4, 0.5) is 5.95 Å². The van der Waals surface area contributed by atoms with E-state index in [2.05, 4.69) is 20.2 Å². The Labute approximate surface area is 145 Å². The van der Waals surface area contributed by atoms with E-state index in [1.54, 1.807) is 0 Å². The molecule has 0 radical (unpaired) electrons. The maximum absolute atomic E-state index is 11.6. The second-order valence-corrected chi connectivity index (χ2v) is 7.64. The second-order valence-electron chi connectivity index (χ2n) is 6.14. The summed E-state index contributed by atoms with van der Waals surface area (Å²) >= 11 is 0. The van der Waals surface area contributed by atoms with E-state index < -0.39 is 11.0 Å². The molecule has 130 valence electrons. The molecule has 0 spiro atoms. The molecule has 1 aliphatic carbocycles. The molecule has 1 fully saturated rings. The van der Waals surface area contributed by atoms with Crippen molar-refractivity contribution >= 4 is 16.9 Å². The molecule has 1 atom stereocenters. The molecule has 1 saturated carbocycles. The standard InChI is InChI=1S/C17H24N4O2S/c1-2-24(22)21-15-10-8-13(9-11-15)12-18-17-19-16(23-20-17)14-6-4-3-5-7-14/h3-7,13,15,21H,2,8-12H2,1H3,(H,18,20). The van der Waals surface area contributed by atoms with Crippen LogP contribution in [-0.2, 0) is 11.0 Å². The Morgan fingerprint density at radius 2 is 1.96 bits per heavy atom. The van der Waals surface area contributed by atoms with Gasteiger partial charge in [0.25, 0.3) is 11.8 Å². The van der Waals surface area contributed by atoms with Crippen molar-refractivity contribution in [2.24, 2.45) is 5.92 Å². The molecule has 7 heteroatoms. The van der Waals surface area contributed by atoms with E-state index in [4.69, 9.17) is 4.52 Å². The molecule has 0 aliphatic heterocycles. The Bertz CT molecular complexity index is 654. The van der Waals surface area contributed by atoms with Gasteiger partial charge in [0, 0.05) is 23.9 Å². The highest BCUT2D eigenvalue weighted by molar-refractivity contribution is 7.82. The van der Waals surface area contributed by atoms with E-state index in [0.717, 1.165) is 37.8 Å². The van der Waals surface area contributed by atoms with Gasteiger partial charge < -0.3 is 9.84 Å². The van der Waals surface area contributed by atoms with Crippen LogP contribution in [-0.4, -0.2) is 32.7 Å². The lowest BCUT2D eigenvalue weighted by Crippen LogP contribution is -2.36. The lowest BCUT2D eigenvalue weighted by atomic mass is 9.86. The molecule has 2 N–H and O–H groups in total. The van der Waals surface area contributed by atoms with Crippen molar-refractivity contribution in [1.82, 2.24) is 14.9 Å².